The van der Waals surface area contributed by atoms with E-state index in [0.717, 1.165) is 113 Å². The van der Waals surface area contributed by atoms with Gasteiger partial charge in [-0.1, -0.05) is 220 Å². The number of fused-ring (bicyclic) bond motifs is 4. The number of nitrogens with zero attached hydrogens (tertiary/aromatic N) is 10. The summed E-state index contributed by atoms with van der Waals surface area (Å²) < 4.78 is 8.67. The van der Waals surface area contributed by atoms with Crippen molar-refractivity contribution in [1.82, 2.24) is 59.0 Å². The van der Waals surface area contributed by atoms with Gasteiger partial charge >= 0.3 is 36.7 Å². The molecule has 110 heavy (non-hydrogen) atoms. The molecular formula is C78H98BBrI8Ir2N12NaO4PdV2-3. The number of ketones is 1. The summed E-state index contributed by atoms with van der Waals surface area (Å²) in [7, 11) is -1.41. The van der Waals surface area contributed by atoms with Crippen LogP contribution in [0.4, 0.5) is 0 Å². The topological polar surface area (TPSA) is 222 Å². The Bertz CT molecular complexity index is 4420. The van der Waals surface area contributed by atoms with Crippen molar-refractivity contribution in [3.05, 3.63) is 221 Å². The number of aromatic nitrogens is 12. The number of carbonyl (C=O) groups is 1. The van der Waals surface area contributed by atoms with Crippen LogP contribution in [0.1, 0.15) is 102 Å². The van der Waals surface area contributed by atoms with Gasteiger partial charge in [0.15, 0.2) is 5.78 Å². The van der Waals surface area contributed by atoms with Crippen molar-refractivity contribution in [1.29, 1.82) is 0 Å². The van der Waals surface area contributed by atoms with Crippen LogP contribution in [0.25, 0.3) is 77.4 Å². The van der Waals surface area contributed by atoms with E-state index in [1.54, 1.807) is 0 Å². The van der Waals surface area contributed by atoms with Crippen LogP contribution in [-0.2, 0) is 116 Å². The number of allylic oxidation sites excluding steroid dienone is 2. The Labute approximate surface area is 860 Å². The van der Waals surface area contributed by atoms with Gasteiger partial charge in [-0.25, -0.2) is 4.98 Å². The van der Waals surface area contributed by atoms with Crippen molar-refractivity contribution >= 4 is 259 Å². The molecule has 12 aromatic heterocycles. The molecule has 4 radical (unpaired) electrons. The van der Waals surface area contributed by atoms with Crippen LogP contribution < -0.4 is 35.0 Å². The molecule has 12 aromatic rings. The van der Waals surface area contributed by atoms with E-state index in [1.165, 1.54) is 65.9 Å². The molecule has 12 heterocycles. The van der Waals surface area contributed by atoms with Gasteiger partial charge in [0.05, 0.1) is 25.1 Å². The smallest absolute Gasteiger partial charge is 1.00 e. The third-order valence-electron chi connectivity index (χ3n) is 14.0. The molecular weight excluding hydrogens is 2890 g/mol. The van der Waals surface area contributed by atoms with E-state index in [2.05, 4.69) is 367 Å². The first-order chi connectivity index (χ1) is 48.8. The number of aliphatic hydroxyl groups is 1. The molecule has 602 valence electrons. The van der Waals surface area contributed by atoms with Crippen molar-refractivity contribution in [2.24, 2.45) is 17.8 Å². The van der Waals surface area contributed by atoms with Crippen molar-refractivity contribution < 1.29 is 149 Å². The second kappa shape index (κ2) is 67.6. The molecule has 0 spiro atoms. The fraction of sp³-hybridized carbons (Fsp3) is 0.321. The molecule has 0 atom stereocenters. The molecule has 0 aromatic carbocycles. The summed E-state index contributed by atoms with van der Waals surface area (Å²) >= 11 is 21.2. The Morgan fingerprint density at radius 2 is 0.936 bits per heavy atom. The van der Waals surface area contributed by atoms with Crippen LogP contribution in [-0.4, -0.2) is 98.8 Å². The minimum atomic E-state index is -1.41. The fourth-order valence-electron chi connectivity index (χ4n) is 9.68. The number of halogens is 9. The fourth-order valence-corrected chi connectivity index (χ4v) is 10.0. The van der Waals surface area contributed by atoms with Gasteiger partial charge in [-0.3, -0.25) is 34.6 Å². The largest absolute Gasteiger partial charge is 1.00 e. The average molecular weight is 2990 g/mol. The summed E-state index contributed by atoms with van der Waals surface area (Å²) in [6.07, 6.45) is 25.3. The minimum absolute atomic E-state index is 0. The summed E-state index contributed by atoms with van der Waals surface area (Å²) in [6, 6.07) is 24.7. The number of aromatic amines is 2. The number of alkyl halides is 7. The van der Waals surface area contributed by atoms with Gasteiger partial charge in [-0.15, -0.1) is 17.2 Å². The van der Waals surface area contributed by atoms with Gasteiger partial charge in [0.1, 0.15) is 4.54 Å². The van der Waals surface area contributed by atoms with Gasteiger partial charge in [-0.2, -0.15) is 0 Å². The van der Waals surface area contributed by atoms with Crippen molar-refractivity contribution in [2.75, 3.05) is 11.8 Å². The van der Waals surface area contributed by atoms with E-state index in [-0.39, 0.29) is 148 Å². The zero-order valence-electron chi connectivity index (χ0n) is 66.3. The number of hydrogen-bond donors (Lipinski definition) is 5. The first-order valence-corrected chi connectivity index (χ1v) is 45.2. The first-order valence-electron chi connectivity index (χ1n) is 32.4. The second-order valence-electron chi connectivity index (χ2n) is 24.4. The minimum Gasteiger partial charge on any atom is -1.00 e. The Kier molecular flexibility index (Phi) is 74.9. The van der Waals surface area contributed by atoms with Crippen LogP contribution in [0.15, 0.2) is 157 Å². The number of rotatable bonds is 10. The molecule has 0 fully saturated rings. The van der Waals surface area contributed by atoms with Gasteiger partial charge in [-0.05, 0) is 189 Å². The summed E-state index contributed by atoms with van der Waals surface area (Å²) in [6.45, 7) is 34.2. The van der Waals surface area contributed by atoms with E-state index in [0.29, 0.717) is 17.3 Å². The van der Waals surface area contributed by atoms with Crippen LogP contribution in [0.3, 0.4) is 0 Å². The maximum atomic E-state index is 10.0. The summed E-state index contributed by atoms with van der Waals surface area (Å²) in [5, 5.41) is 30.6. The van der Waals surface area contributed by atoms with Crippen LogP contribution in [0.5, 0.6) is 0 Å². The number of nitrogens with one attached hydrogen (secondary N) is 2. The van der Waals surface area contributed by atoms with Gasteiger partial charge in [0.25, 0.3) is 0 Å². The zero-order chi connectivity index (χ0) is 77.6. The quantitative estimate of drug-likeness (QED) is 0.0164. The molecule has 16 nitrogen and oxygen atoms in total. The molecule has 0 bridgehead atoms. The summed E-state index contributed by atoms with van der Waals surface area (Å²) in [5.41, 5.74) is 19.6. The summed E-state index contributed by atoms with van der Waals surface area (Å²) in [5.74, 6) is 2.05. The van der Waals surface area contributed by atoms with Crippen LogP contribution in [0.2, 0.25) is 0 Å². The maximum Gasteiger partial charge on any atom is 1.00 e. The number of pyridine rings is 8. The number of aryl methyl sites for hydroxylation is 8. The molecule has 0 saturated carbocycles. The third kappa shape index (κ3) is 46.7. The SMILES string of the molecule is Brc1cc2[nH]ccc2cn1.CC(=O)C=C(C)O.CC(C)CI.CI.Cc1cc(C)c(-c2cc3[nH]ccc3cn2)cn1.Cc1cc(C)c(-c2cc3c(ccn3CC(C)C)cn2)[c-]n1.Cc1cc(C)c(-c2cc3c(ccn3CC(C)C)cn2)cn1.Cc1cc(C)c(B(O)O)cn1.IC(I)I.ICI.[CH2-]I.[CH3-].[H-].[Ir].[Ir].[Na+].[Pd].[V].[V]. The maximum absolute atomic E-state index is 10.0. The molecule has 0 amide bonds. The Morgan fingerprint density at radius 3 is 1.30 bits per heavy atom. The monoisotopic (exact) mass is 2990 g/mol. The zero-order valence-corrected chi connectivity index (χ0v) is 95.3. The molecule has 5 N–H and O–H groups in total. The van der Waals surface area contributed by atoms with Crippen LogP contribution in [0, 0.1) is 91.7 Å². The summed E-state index contributed by atoms with van der Waals surface area (Å²) in [4.78, 5) is 56.2. The van der Waals surface area contributed by atoms with Crippen molar-refractivity contribution in [2.45, 2.75) is 124 Å². The third-order valence-corrected chi connectivity index (χ3v) is 16.2. The molecule has 0 unspecified atom stereocenters. The molecule has 32 heteroatoms. The van der Waals surface area contributed by atoms with E-state index in [9.17, 15) is 4.79 Å². The molecule has 0 aliphatic carbocycles. The van der Waals surface area contributed by atoms with E-state index in [1.807, 2.05) is 136 Å². The standard InChI is InChI=1S/C18H21N3.C18H20N3.C14H13N3.C7H10BNO2.C7H5BrN2.C5H8O2.C4H9I.CHI3.CH2I2.CH3I.CH2I.CH3.2Ir.Na.Pd.2V.H/c2*1-12(2)11-21-6-5-15-9-20-17(8-18(15)21)16-10-19-14(4)7-13(16)3;1-9-5-10(2)16-8-12(9)14-6-13-11(7-17-14)3-4-15-13;1-5-3-6(2)9-4-7(5)8(10)11;8-7-3-6-5(4-10-7)1-2-9-6;1-4(6)3-5(2)7;1-4(2)3-5;2-1(3)4;2-1-3;2*1-2;;;;;;;;/h5-10,12H,11H2,1-4H3;5-9,12H,11H2,1-4H3;3-8,15H,1-2H3;3-4,10-11H,1-2H3;1-4,9H;3,6H,1-2H3;4H,3H2,1-2H3;1H;1H2;1H3;1H2;1H3;;;;;;;/q;-1;;;;;;;;;2*-1;;;+1;;;;-1. The first kappa shape index (κ1) is 122. The van der Waals surface area contributed by atoms with Crippen molar-refractivity contribution in [3.63, 3.8) is 0 Å². The van der Waals surface area contributed by atoms with Crippen molar-refractivity contribution in [3.8, 4) is 33.8 Å². The molecule has 0 saturated heterocycles. The van der Waals surface area contributed by atoms with Gasteiger partial charge in [0.2, 0.25) is 0 Å². The number of hydrogen-bond acceptors (Lipinski definition) is 12. The number of aliphatic hydroxyl groups excluding tert-OH is 1. The van der Waals surface area contributed by atoms with E-state index < -0.39 is 7.12 Å². The second-order valence-corrected chi connectivity index (χ2v) is 41.4. The molecule has 12 rings (SSSR count). The Hall–Kier alpha value is 1.00. The Balaban J connectivity index is -0.000000227. The predicted molar refractivity (Wildman–Crippen MR) is 516 cm³/mol. The van der Waals surface area contributed by atoms with E-state index in [4.69, 9.17) is 15.2 Å². The van der Waals surface area contributed by atoms with Gasteiger partial charge < -0.3 is 75.7 Å². The van der Waals surface area contributed by atoms with Crippen LogP contribution >= 0.6 is 197 Å². The number of H-pyrrole nitrogens is 2. The number of carbonyl (C=O) groups excluding carboxylic acids is 1. The molecule has 0 aliphatic heterocycles. The average Bonchev–Trinajstić information content (AvgIpc) is 1.72. The van der Waals surface area contributed by atoms with E-state index >= 15 is 0 Å². The predicted octanol–water partition coefficient (Wildman–Crippen LogP) is 20.8. The Morgan fingerprint density at radius 1 is 0.573 bits per heavy atom. The normalized spacial score (nSPS) is 9.77. The van der Waals surface area contributed by atoms with Gasteiger partial charge in [0, 0.05) is 261 Å². The molecule has 0 aliphatic rings.